The zero-order valence-corrected chi connectivity index (χ0v) is 24.5. The quantitative estimate of drug-likeness (QED) is 0.202. The third-order valence-corrected chi connectivity index (χ3v) is 7.94. The number of rotatable bonds is 9. The second-order valence-electron chi connectivity index (χ2n) is 9.87. The van der Waals surface area contributed by atoms with Crippen molar-refractivity contribution < 1.29 is 19.1 Å². The van der Waals surface area contributed by atoms with E-state index in [2.05, 4.69) is 25.4 Å². The van der Waals surface area contributed by atoms with E-state index in [1.165, 1.54) is 6.42 Å². The van der Waals surface area contributed by atoms with Crippen LogP contribution in [0.4, 0.5) is 5.69 Å². The molecule has 8 heteroatoms. The first-order valence-corrected chi connectivity index (χ1v) is 14.5. The summed E-state index contributed by atoms with van der Waals surface area (Å²) in [6.07, 6.45) is 3.40. The highest BCUT2D eigenvalue weighted by Gasteiger charge is 2.29. The van der Waals surface area contributed by atoms with E-state index in [9.17, 15) is 9.59 Å². The van der Waals surface area contributed by atoms with E-state index in [1.807, 2.05) is 72.8 Å². The number of piperidine rings is 1. The Hall–Kier alpha value is -3.62. The van der Waals surface area contributed by atoms with Gasteiger partial charge < -0.3 is 18.9 Å². The molecule has 0 radical (unpaired) electrons. The number of methoxy groups -OCH3 is 1. The van der Waals surface area contributed by atoms with E-state index in [0.717, 1.165) is 47.3 Å². The van der Waals surface area contributed by atoms with Crippen molar-refractivity contribution in [3.63, 3.8) is 0 Å². The van der Waals surface area contributed by atoms with Crippen molar-refractivity contribution in [1.82, 2.24) is 9.47 Å². The molecule has 1 aliphatic heterocycles. The zero-order chi connectivity index (χ0) is 28.1. The van der Waals surface area contributed by atoms with Crippen LogP contribution in [0.5, 0.6) is 5.75 Å². The maximum atomic E-state index is 14.0. The van der Waals surface area contributed by atoms with Crippen LogP contribution in [0.1, 0.15) is 42.2 Å². The predicted molar refractivity (Wildman–Crippen MR) is 161 cm³/mol. The Labute approximate surface area is 243 Å². The van der Waals surface area contributed by atoms with Crippen molar-refractivity contribution in [2.24, 2.45) is 0 Å². The van der Waals surface area contributed by atoms with Gasteiger partial charge in [0.15, 0.2) is 0 Å². The number of likely N-dealkylation sites (tertiary alicyclic amines) is 1. The van der Waals surface area contributed by atoms with Gasteiger partial charge in [0.1, 0.15) is 5.75 Å². The molecule has 0 saturated carbocycles. The molecule has 2 heterocycles. The second kappa shape index (κ2) is 12.7. The molecule has 0 aliphatic carbocycles. The first kappa shape index (κ1) is 27.9. The van der Waals surface area contributed by atoms with Crippen molar-refractivity contribution in [3.8, 4) is 11.4 Å². The number of ether oxygens (including phenoxy) is 2. The number of amides is 1. The molecule has 0 N–H and O–H groups in total. The van der Waals surface area contributed by atoms with Crippen LogP contribution < -0.4 is 9.64 Å². The molecule has 0 spiro atoms. The van der Waals surface area contributed by atoms with Gasteiger partial charge in [0.25, 0.3) is 0 Å². The molecular weight excluding hydrogens is 570 g/mol. The van der Waals surface area contributed by atoms with E-state index < -0.39 is 5.97 Å². The van der Waals surface area contributed by atoms with Crippen LogP contribution in [-0.4, -0.2) is 54.7 Å². The highest BCUT2D eigenvalue weighted by atomic mass is 79.9. The second-order valence-corrected chi connectivity index (χ2v) is 10.7. The maximum absolute atomic E-state index is 14.0. The lowest BCUT2D eigenvalue weighted by molar-refractivity contribution is -0.120. The maximum Gasteiger partial charge on any atom is 0.340 e. The Morgan fingerprint density at radius 2 is 1.62 bits per heavy atom. The zero-order valence-electron chi connectivity index (χ0n) is 22.9. The molecular formula is C32H34BrN3O4. The van der Waals surface area contributed by atoms with E-state index in [-0.39, 0.29) is 19.1 Å². The molecule has 208 valence electrons. The minimum atomic E-state index is -0.432. The predicted octanol–water partition coefficient (Wildman–Crippen LogP) is 6.60. The minimum Gasteiger partial charge on any atom is -0.496 e. The molecule has 1 fully saturated rings. The Morgan fingerprint density at radius 3 is 2.27 bits per heavy atom. The Bertz CT molecular complexity index is 1480. The molecule has 40 heavy (non-hydrogen) atoms. The first-order valence-electron chi connectivity index (χ1n) is 13.7. The SMILES string of the molecule is CCOC(=O)c1c(CN(C(=O)CN2CCCCC2)c2ccccc2)n(-c2ccccc2)c2cc(Br)c(OC)cc12. The number of fused-ring (bicyclic) bond motifs is 1. The van der Waals surface area contributed by atoms with Crippen LogP contribution in [-0.2, 0) is 16.1 Å². The van der Waals surface area contributed by atoms with Gasteiger partial charge in [-0.3, -0.25) is 9.69 Å². The average molecular weight is 605 g/mol. The fourth-order valence-electron chi connectivity index (χ4n) is 5.43. The lowest BCUT2D eigenvalue weighted by Gasteiger charge is -2.30. The van der Waals surface area contributed by atoms with Crippen LogP contribution in [0.25, 0.3) is 16.6 Å². The van der Waals surface area contributed by atoms with Gasteiger partial charge >= 0.3 is 5.97 Å². The number of nitrogens with zero attached hydrogens (tertiary/aromatic N) is 3. The molecule has 4 aromatic rings. The van der Waals surface area contributed by atoms with Gasteiger partial charge in [-0.05, 0) is 85.2 Å². The molecule has 3 aromatic carbocycles. The summed E-state index contributed by atoms with van der Waals surface area (Å²) in [7, 11) is 1.60. The summed E-state index contributed by atoms with van der Waals surface area (Å²) in [5.74, 6) is 0.167. The summed E-state index contributed by atoms with van der Waals surface area (Å²) in [6, 6.07) is 23.4. The van der Waals surface area contributed by atoms with Gasteiger partial charge in [-0.15, -0.1) is 0 Å². The Morgan fingerprint density at radius 1 is 0.950 bits per heavy atom. The lowest BCUT2D eigenvalue weighted by Crippen LogP contribution is -2.42. The van der Waals surface area contributed by atoms with Crippen molar-refractivity contribution >= 4 is 44.4 Å². The number of benzene rings is 3. The third kappa shape index (κ3) is 5.78. The van der Waals surface area contributed by atoms with Crippen LogP contribution in [0.15, 0.2) is 77.3 Å². The molecule has 7 nitrogen and oxygen atoms in total. The van der Waals surface area contributed by atoms with Gasteiger partial charge in [-0.25, -0.2) is 4.79 Å². The Kier molecular flexibility index (Phi) is 8.87. The topological polar surface area (TPSA) is 64.0 Å². The number of hydrogen-bond donors (Lipinski definition) is 0. The summed E-state index contributed by atoms with van der Waals surface area (Å²) in [5.41, 5.74) is 3.58. The van der Waals surface area contributed by atoms with Crippen LogP contribution in [0.3, 0.4) is 0 Å². The van der Waals surface area contributed by atoms with E-state index >= 15 is 0 Å². The van der Waals surface area contributed by atoms with Crippen molar-refractivity contribution in [2.45, 2.75) is 32.7 Å². The molecule has 1 saturated heterocycles. The fraction of sp³-hybridized carbons (Fsp3) is 0.312. The summed E-state index contributed by atoms with van der Waals surface area (Å²) in [4.78, 5) is 31.6. The summed E-state index contributed by atoms with van der Waals surface area (Å²) >= 11 is 3.63. The van der Waals surface area contributed by atoms with Gasteiger partial charge in [-0.1, -0.05) is 42.8 Å². The molecule has 0 atom stereocenters. The lowest BCUT2D eigenvalue weighted by atomic mass is 10.1. The largest absolute Gasteiger partial charge is 0.496 e. The van der Waals surface area contributed by atoms with Gasteiger partial charge in [0, 0.05) is 16.8 Å². The molecule has 1 aliphatic rings. The summed E-state index contributed by atoms with van der Waals surface area (Å²) in [5, 5.41) is 0.703. The number of esters is 1. The van der Waals surface area contributed by atoms with Gasteiger partial charge in [0.05, 0.1) is 48.1 Å². The monoisotopic (exact) mass is 603 g/mol. The molecule has 1 amide bonds. The average Bonchev–Trinajstić information content (AvgIpc) is 3.29. The molecule has 1 aromatic heterocycles. The standard InChI is InChI=1S/C32H34BrN3O4/c1-3-40-32(38)31-25-19-29(39-2)26(33)20-27(25)36(24-15-9-5-10-16-24)28(31)21-35(23-13-7-4-8-14-23)30(37)22-34-17-11-6-12-18-34/h4-5,7-10,13-16,19-20H,3,6,11-12,17-18,21-22H2,1-2H3. The van der Waals surface area contributed by atoms with E-state index in [1.54, 1.807) is 18.9 Å². The first-order chi connectivity index (χ1) is 19.5. The highest BCUT2D eigenvalue weighted by molar-refractivity contribution is 9.10. The molecule has 0 unspecified atom stereocenters. The van der Waals surface area contributed by atoms with Crippen molar-refractivity contribution in [2.75, 3.05) is 38.3 Å². The number of carbonyl (C=O) groups excluding carboxylic acids is 2. The van der Waals surface area contributed by atoms with E-state index in [0.29, 0.717) is 28.9 Å². The highest BCUT2D eigenvalue weighted by Crippen LogP contribution is 2.38. The summed E-state index contributed by atoms with van der Waals surface area (Å²) < 4.78 is 14.0. The van der Waals surface area contributed by atoms with Gasteiger partial charge in [0.2, 0.25) is 5.91 Å². The Balaban J connectivity index is 1.71. The minimum absolute atomic E-state index is 0.00784. The van der Waals surface area contributed by atoms with Crippen molar-refractivity contribution in [1.29, 1.82) is 0 Å². The van der Waals surface area contributed by atoms with Crippen LogP contribution in [0.2, 0.25) is 0 Å². The third-order valence-electron chi connectivity index (χ3n) is 7.32. The van der Waals surface area contributed by atoms with E-state index in [4.69, 9.17) is 9.47 Å². The number of para-hydroxylation sites is 2. The van der Waals surface area contributed by atoms with Crippen LogP contribution >= 0.6 is 15.9 Å². The van der Waals surface area contributed by atoms with Crippen LogP contribution in [0, 0.1) is 0 Å². The normalized spacial score (nSPS) is 13.8. The number of halogens is 1. The number of anilines is 1. The number of carbonyl (C=O) groups is 2. The molecule has 5 rings (SSSR count). The summed E-state index contributed by atoms with van der Waals surface area (Å²) in [6.45, 7) is 4.38. The smallest absolute Gasteiger partial charge is 0.340 e. The van der Waals surface area contributed by atoms with Crippen molar-refractivity contribution in [3.05, 3.63) is 88.5 Å². The number of aromatic nitrogens is 1. The fourth-order valence-corrected chi connectivity index (χ4v) is 5.92. The number of hydrogen-bond acceptors (Lipinski definition) is 5. The molecule has 0 bridgehead atoms. The van der Waals surface area contributed by atoms with Gasteiger partial charge in [-0.2, -0.15) is 0 Å².